The summed E-state index contributed by atoms with van der Waals surface area (Å²) in [6.45, 7) is 7.35. The third kappa shape index (κ3) is 4.07. The zero-order chi connectivity index (χ0) is 16.3. The van der Waals surface area contributed by atoms with Gasteiger partial charge < -0.3 is 9.30 Å². The van der Waals surface area contributed by atoms with E-state index in [4.69, 9.17) is 4.74 Å². The van der Waals surface area contributed by atoms with Crippen LogP contribution in [0, 0.1) is 0 Å². The van der Waals surface area contributed by atoms with E-state index in [9.17, 15) is 4.79 Å². The van der Waals surface area contributed by atoms with Gasteiger partial charge >= 0.3 is 5.97 Å². The number of pyridine rings is 1. The number of carbonyl (C=O) groups excluding carboxylic acids is 1. The van der Waals surface area contributed by atoms with Crippen molar-refractivity contribution in [1.29, 1.82) is 0 Å². The van der Waals surface area contributed by atoms with E-state index in [1.54, 1.807) is 13.1 Å². The van der Waals surface area contributed by atoms with Crippen LogP contribution < -0.4 is 0 Å². The molecule has 0 saturated heterocycles. The van der Waals surface area contributed by atoms with Crippen LogP contribution in [0.15, 0.2) is 29.6 Å². The minimum atomic E-state index is -0.495. The second-order valence-electron chi connectivity index (χ2n) is 5.87. The molecule has 2 heterocycles. The van der Waals surface area contributed by atoms with Crippen LogP contribution in [0.4, 0.5) is 0 Å². The summed E-state index contributed by atoms with van der Waals surface area (Å²) in [4.78, 5) is 16.3. The molecule has 0 bridgehead atoms. The fourth-order valence-electron chi connectivity index (χ4n) is 1.73. The molecule has 1 atom stereocenters. The molecule has 22 heavy (non-hydrogen) atoms. The Morgan fingerprint density at radius 1 is 1.32 bits per heavy atom. The minimum Gasteiger partial charge on any atom is -0.459 e. The highest BCUT2D eigenvalue weighted by Crippen LogP contribution is 2.26. The fraction of sp³-hybridized carbons (Fsp3) is 0.467. The number of rotatable bonds is 4. The Kier molecular flexibility index (Phi) is 4.85. The zero-order valence-electron chi connectivity index (χ0n) is 13.4. The van der Waals surface area contributed by atoms with Gasteiger partial charge in [-0.15, -0.1) is 10.2 Å². The van der Waals surface area contributed by atoms with Gasteiger partial charge in [-0.1, -0.05) is 17.8 Å². The van der Waals surface area contributed by atoms with Gasteiger partial charge in [-0.2, -0.15) is 0 Å². The molecule has 2 rings (SSSR count). The summed E-state index contributed by atoms with van der Waals surface area (Å²) in [6.07, 6.45) is 1.71. The summed E-state index contributed by atoms with van der Waals surface area (Å²) in [5, 5.41) is 8.58. The van der Waals surface area contributed by atoms with Crippen LogP contribution in [0.2, 0.25) is 0 Å². The number of hydrogen-bond donors (Lipinski definition) is 0. The number of nitrogens with zero attached hydrogens (tertiary/aromatic N) is 4. The zero-order valence-corrected chi connectivity index (χ0v) is 14.2. The van der Waals surface area contributed by atoms with Crippen molar-refractivity contribution in [2.24, 2.45) is 7.05 Å². The van der Waals surface area contributed by atoms with Gasteiger partial charge in [-0.05, 0) is 39.8 Å². The van der Waals surface area contributed by atoms with E-state index in [1.165, 1.54) is 11.8 Å². The number of esters is 1. The minimum absolute atomic E-state index is 0.264. The Labute approximate surface area is 134 Å². The molecule has 2 aromatic heterocycles. The molecule has 0 aliphatic carbocycles. The van der Waals surface area contributed by atoms with Crippen LogP contribution in [-0.4, -0.2) is 36.6 Å². The SMILES string of the molecule is CC(Sc1nnc(-c2ccccn2)n1C)C(=O)OC(C)(C)C. The van der Waals surface area contributed by atoms with E-state index >= 15 is 0 Å². The maximum atomic E-state index is 12.0. The van der Waals surface area contributed by atoms with Gasteiger partial charge in [0.2, 0.25) is 0 Å². The first kappa shape index (κ1) is 16.5. The molecule has 0 radical (unpaired) electrons. The van der Waals surface area contributed by atoms with E-state index < -0.39 is 5.60 Å². The summed E-state index contributed by atoms with van der Waals surface area (Å²) < 4.78 is 7.20. The molecule has 0 fully saturated rings. The van der Waals surface area contributed by atoms with Gasteiger partial charge in [0, 0.05) is 13.2 Å². The lowest BCUT2D eigenvalue weighted by Gasteiger charge is -2.21. The maximum absolute atomic E-state index is 12.0. The van der Waals surface area contributed by atoms with Gasteiger partial charge in [0.25, 0.3) is 0 Å². The van der Waals surface area contributed by atoms with E-state index in [2.05, 4.69) is 15.2 Å². The topological polar surface area (TPSA) is 69.9 Å². The number of thioether (sulfide) groups is 1. The lowest BCUT2D eigenvalue weighted by Crippen LogP contribution is -2.29. The number of carbonyl (C=O) groups is 1. The van der Waals surface area contributed by atoms with Crippen LogP contribution in [0.25, 0.3) is 11.5 Å². The van der Waals surface area contributed by atoms with Crippen molar-refractivity contribution in [1.82, 2.24) is 19.7 Å². The molecule has 0 amide bonds. The van der Waals surface area contributed by atoms with E-state index in [0.29, 0.717) is 11.0 Å². The quantitative estimate of drug-likeness (QED) is 0.637. The van der Waals surface area contributed by atoms with Gasteiger partial charge in [0.15, 0.2) is 11.0 Å². The van der Waals surface area contributed by atoms with Crippen molar-refractivity contribution in [2.45, 2.75) is 43.7 Å². The third-order valence-electron chi connectivity index (χ3n) is 2.75. The van der Waals surface area contributed by atoms with Crippen molar-refractivity contribution in [3.63, 3.8) is 0 Å². The standard InChI is InChI=1S/C15H20N4O2S/c1-10(13(20)21-15(2,3)4)22-14-18-17-12(19(14)5)11-8-6-7-9-16-11/h6-10H,1-5H3. The Bertz CT molecular complexity index is 649. The van der Waals surface area contributed by atoms with Crippen molar-refractivity contribution in [2.75, 3.05) is 0 Å². The number of hydrogen-bond acceptors (Lipinski definition) is 6. The highest BCUT2D eigenvalue weighted by atomic mass is 32.2. The van der Waals surface area contributed by atoms with E-state index in [1.807, 2.05) is 50.6 Å². The van der Waals surface area contributed by atoms with Gasteiger partial charge in [0.1, 0.15) is 16.5 Å². The summed E-state index contributed by atoms with van der Waals surface area (Å²) in [6, 6.07) is 5.61. The van der Waals surface area contributed by atoms with Crippen molar-refractivity contribution in [3.8, 4) is 11.5 Å². The molecule has 1 unspecified atom stereocenters. The summed E-state index contributed by atoms with van der Waals surface area (Å²) in [5.41, 5.74) is 0.250. The Hall–Kier alpha value is -1.89. The summed E-state index contributed by atoms with van der Waals surface area (Å²) in [5.74, 6) is 0.402. The Morgan fingerprint density at radius 3 is 2.64 bits per heavy atom. The highest BCUT2D eigenvalue weighted by molar-refractivity contribution is 8.00. The molecule has 0 saturated carbocycles. The van der Waals surface area contributed by atoms with E-state index in [-0.39, 0.29) is 11.2 Å². The second kappa shape index (κ2) is 6.48. The average molecular weight is 320 g/mol. The molecule has 0 aliphatic rings. The number of ether oxygens (including phenoxy) is 1. The lowest BCUT2D eigenvalue weighted by molar-refractivity contribution is -0.153. The van der Waals surface area contributed by atoms with Gasteiger partial charge in [-0.25, -0.2) is 0 Å². The van der Waals surface area contributed by atoms with Crippen LogP contribution in [0.1, 0.15) is 27.7 Å². The second-order valence-corrected chi connectivity index (χ2v) is 7.18. The molecular weight excluding hydrogens is 300 g/mol. The summed E-state index contributed by atoms with van der Waals surface area (Å²) in [7, 11) is 1.86. The molecule has 6 nitrogen and oxygen atoms in total. The molecule has 2 aromatic rings. The predicted molar refractivity (Wildman–Crippen MR) is 85.4 cm³/mol. The third-order valence-corrected chi connectivity index (χ3v) is 3.86. The summed E-state index contributed by atoms with van der Waals surface area (Å²) >= 11 is 1.32. The van der Waals surface area contributed by atoms with Crippen molar-refractivity contribution >= 4 is 17.7 Å². The largest absolute Gasteiger partial charge is 0.459 e. The average Bonchev–Trinajstić information content (AvgIpc) is 2.79. The number of aromatic nitrogens is 4. The molecule has 0 aromatic carbocycles. The molecular formula is C15H20N4O2S. The highest BCUT2D eigenvalue weighted by Gasteiger charge is 2.24. The molecule has 0 aliphatic heterocycles. The maximum Gasteiger partial charge on any atom is 0.319 e. The molecule has 118 valence electrons. The van der Waals surface area contributed by atoms with Gasteiger partial charge in [0.05, 0.1) is 0 Å². The normalized spacial score (nSPS) is 13.0. The van der Waals surface area contributed by atoms with Gasteiger partial charge in [-0.3, -0.25) is 9.78 Å². The first-order valence-electron chi connectivity index (χ1n) is 6.98. The first-order valence-corrected chi connectivity index (χ1v) is 7.86. The smallest absolute Gasteiger partial charge is 0.319 e. The molecule has 0 spiro atoms. The molecule has 0 N–H and O–H groups in total. The fourth-order valence-corrected chi connectivity index (χ4v) is 2.52. The van der Waals surface area contributed by atoms with Crippen molar-refractivity contribution < 1.29 is 9.53 Å². The lowest BCUT2D eigenvalue weighted by atomic mass is 10.2. The van der Waals surface area contributed by atoms with Crippen LogP contribution >= 0.6 is 11.8 Å². The van der Waals surface area contributed by atoms with Crippen molar-refractivity contribution in [3.05, 3.63) is 24.4 Å². The monoisotopic (exact) mass is 320 g/mol. The first-order chi connectivity index (χ1) is 10.3. The van der Waals surface area contributed by atoms with Crippen LogP contribution in [-0.2, 0) is 16.6 Å². The Morgan fingerprint density at radius 2 is 2.05 bits per heavy atom. The van der Waals surface area contributed by atoms with E-state index in [0.717, 1.165) is 5.69 Å². The molecule has 7 heteroatoms. The van der Waals surface area contributed by atoms with Crippen LogP contribution in [0.5, 0.6) is 0 Å². The predicted octanol–water partition coefficient (Wildman–Crippen LogP) is 2.70. The van der Waals surface area contributed by atoms with Crippen LogP contribution in [0.3, 0.4) is 0 Å². The Balaban J connectivity index is 2.12.